The molecule has 2 fully saturated rings. The fourth-order valence-corrected chi connectivity index (χ4v) is 6.21. The molecule has 1 saturated heterocycles. The number of benzene rings is 1. The smallest absolute Gasteiger partial charge is 0.243 e. The van der Waals surface area contributed by atoms with Gasteiger partial charge in [0.05, 0.1) is 4.90 Å². The molecule has 6 heteroatoms. The lowest BCUT2D eigenvalue weighted by molar-refractivity contribution is 0.169. The standard InChI is InChI=1S/C17H19NO4S/c19-23(20,13-5-6-16-17(7-13)22-10-21-16)18-8-14-11-1-2-12(4-3-11)15(14)9-18/h1-2,5-7,11-12,14-15H,3-4,8-10H2. The van der Waals surface area contributed by atoms with Gasteiger partial charge in [-0.2, -0.15) is 4.31 Å². The number of fused-ring (bicyclic) bond motifs is 2. The van der Waals surface area contributed by atoms with Gasteiger partial charge in [0.1, 0.15) is 0 Å². The van der Waals surface area contributed by atoms with Crippen molar-refractivity contribution < 1.29 is 17.9 Å². The molecule has 1 aromatic carbocycles. The molecule has 2 bridgehead atoms. The molecule has 2 heterocycles. The summed E-state index contributed by atoms with van der Waals surface area (Å²) in [5.74, 6) is 3.22. The minimum absolute atomic E-state index is 0.154. The van der Waals surface area contributed by atoms with Crippen molar-refractivity contribution in [3.63, 3.8) is 0 Å². The van der Waals surface area contributed by atoms with Crippen molar-refractivity contribution >= 4 is 10.0 Å². The van der Waals surface area contributed by atoms with Gasteiger partial charge in [0.25, 0.3) is 0 Å². The maximum absolute atomic E-state index is 13.0. The first-order chi connectivity index (χ1) is 11.1. The molecule has 1 saturated carbocycles. The van der Waals surface area contributed by atoms with E-state index in [0.717, 1.165) is 0 Å². The summed E-state index contributed by atoms with van der Waals surface area (Å²) in [5, 5.41) is 0. The van der Waals surface area contributed by atoms with Gasteiger partial charge < -0.3 is 9.47 Å². The van der Waals surface area contributed by atoms with Gasteiger partial charge in [-0.15, -0.1) is 0 Å². The summed E-state index contributed by atoms with van der Waals surface area (Å²) in [6.07, 6.45) is 7.04. The molecule has 23 heavy (non-hydrogen) atoms. The zero-order valence-corrected chi connectivity index (χ0v) is 13.5. The number of rotatable bonds is 2. The molecule has 0 aromatic heterocycles. The zero-order valence-electron chi connectivity index (χ0n) is 12.7. The highest BCUT2D eigenvalue weighted by atomic mass is 32.2. The van der Waals surface area contributed by atoms with Crippen LogP contribution in [-0.4, -0.2) is 32.6 Å². The van der Waals surface area contributed by atoms with E-state index in [1.54, 1.807) is 22.5 Å². The van der Waals surface area contributed by atoms with Crippen molar-refractivity contribution in [2.24, 2.45) is 23.7 Å². The Kier molecular flexibility index (Phi) is 2.86. The first-order valence-corrected chi connectivity index (χ1v) is 9.65. The number of ether oxygens (including phenoxy) is 2. The van der Waals surface area contributed by atoms with E-state index in [2.05, 4.69) is 12.2 Å². The van der Waals surface area contributed by atoms with E-state index in [9.17, 15) is 8.42 Å². The second-order valence-corrected chi connectivity index (χ2v) is 8.89. The van der Waals surface area contributed by atoms with Gasteiger partial charge in [-0.3, -0.25) is 0 Å². The normalized spacial score (nSPS) is 34.8. The van der Waals surface area contributed by atoms with E-state index in [0.29, 0.717) is 53.2 Å². The Morgan fingerprint density at radius 3 is 2.26 bits per heavy atom. The van der Waals surface area contributed by atoms with E-state index < -0.39 is 10.0 Å². The molecule has 6 rings (SSSR count). The van der Waals surface area contributed by atoms with Crippen molar-refractivity contribution in [1.82, 2.24) is 4.31 Å². The largest absolute Gasteiger partial charge is 0.454 e. The maximum atomic E-state index is 13.0. The molecule has 0 amide bonds. The van der Waals surface area contributed by atoms with Crippen LogP contribution in [0, 0.1) is 23.7 Å². The second kappa shape index (κ2) is 4.74. The van der Waals surface area contributed by atoms with Crippen molar-refractivity contribution in [3.05, 3.63) is 30.4 Å². The summed E-state index contributed by atoms with van der Waals surface area (Å²) < 4.78 is 38.3. The molecule has 0 N–H and O–H groups in total. The highest BCUT2D eigenvalue weighted by Gasteiger charge is 2.48. The fraction of sp³-hybridized carbons (Fsp3) is 0.529. The summed E-state index contributed by atoms with van der Waals surface area (Å²) >= 11 is 0. The molecule has 2 aliphatic heterocycles. The van der Waals surface area contributed by atoms with Gasteiger partial charge in [0, 0.05) is 19.2 Å². The Morgan fingerprint density at radius 2 is 1.61 bits per heavy atom. The molecule has 4 unspecified atom stereocenters. The van der Waals surface area contributed by atoms with E-state index >= 15 is 0 Å². The number of nitrogens with zero attached hydrogens (tertiary/aromatic N) is 1. The third-order valence-electron chi connectivity index (χ3n) is 5.90. The summed E-state index contributed by atoms with van der Waals surface area (Å²) in [7, 11) is -3.47. The van der Waals surface area contributed by atoms with Crippen LogP contribution in [0.5, 0.6) is 11.5 Å². The Bertz CT molecular complexity index is 766. The summed E-state index contributed by atoms with van der Waals surface area (Å²) in [6.45, 7) is 1.45. The molecule has 5 aliphatic rings. The summed E-state index contributed by atoms with van der Waals surface area (Å²) in [5.41, 5.74) is 0. The lowest BCUT2D eigenvalue weighted by Crippen LogP contribution is -2.35. The molecular weight excluding hydrogens is 314 g/mol. The van der Waals surface area contributed by atoms with Gasteiger partial charge in [-0.1, -0.05) is 12.2 Å². The Hall–Kier alpha value is -1.53. The van der Waals surface area contributed by atoms with Crippen molar-refractivity contribution in [1.29, 1.82) is 0 Å². The topological polar surface area (TPSA) is 55.8 Å². The summed E-state index contributed by atoms with van der Waals surface area (Å²) in [6, 6.07) is 4.90. The van der Waals surface area contributed by atoms with Crippen molar-refractivity contribution in [2.45, 2.75) is 17.7 Å². The third-order valence-corrected chi connectivity index (χ3v) is 7.73. The van der Waals surface area contributed by atoms with Crippen LogP contribution in [0.25, 0.3) is 0 Å². The maximum Gasteiger partial charge on any atom is 0.243 e. The van der Waals surface area contributed by atoms with E-state index in [-0.39, 0.29) is 6.79 Å². The van der Waals surface area contributed by atoms with Crippen LogP contribution < -0.4 is 9.47 Å². The van der Waals surface area contributed by atoms with Gasteiger partial charge in [-0.25, -0.2) is 8.42 Å². The van der Waals surface area contributed by atoms with Crippen LogP contribution in [0.4, 0.5) is 0 Å². The first kappa shape index (κ1) is 13.9. The lowest BCUT2D eigenvalue weighted by atomic mass is 9.64. The zero-order chi connectivity index (χ0) is 15.6. The quantitative estimate of drug-likeness (QED) is 0.779. The molecule has 4 atom stereocenters. The SMILES string of the molecule is O=S(=O)(c1ccc2c(c1)OCO2)N1CC2C3C=CC(CC3)C2C1. The molecule has 0 spiro atoms. The van der Waals surface area contributed by atoms with Crippen LogP contribution in [0.3, 0.4) is 0 Å². The van der Waals surface area contributed by atoms with E-state index in [4.69, 9.17) is 9.47 Å². The van der Waals surface area contributed by atoms with Crippen molar-refractivity contribution in [2.75, 3.05) is 19.9 Å². The van der Waals surface area contributed by atoms with E-state index in [1.807, 2.05) is 0 Å². The molecule has 1 aromatic rings. The van der Waals surface area contributed by atoms with Crippen LogP contribution >= 0.6 is 0 Å². The highest BCUT2D eigenvalue weighted by Crippen LogP contribution is 2.49. The molecular formula is C17H19NO4S. The van der Waals surface area contributed by atoms with Crippen LogP contribution in [0.15, 0.2) is 35.2 Å². The monoisotopic (exact) mass is 333 g/mol. The van der Waals surface area contributed by atoms with Gasteiger partial charge in [0.2, 0.25) is 16.8 Å². The molecule has 5 nitrogen and oxygen atoms in total. The number of sulfonamides is 1. The first-order valence-electron chi connectivity index (χ1n) is 8.21. The minimum atomic E-state index is -3.47. The van der Waals surface area contributed by atoms with Crippen LogP contribution in [0.1, 0.15) is 12.8 Å². The summed E-state index contributed by atoms with van der Waals surface area (Å²) in [4.78, 5) is 0.306. The van der Waals surface area contributed by atoms with Gasteiger partial charge in [0.15, 0.2) is 11.5 Å². The molecule has 3 aliphatic carbocycles. The number of hydrogen-bond donors (Lipinski definition) is 0. The van der Waals surface area contributed by atoms with E-state index in [1.165, 1.54) is 12.8 Å². The van der Waals surface area contributed by atoms with Gasteiger partial charge in [-0.05, 0) is 48.6 Å². The average Bonchev–Trinajstić information content (AvgIpc) is 3.23. The lowest BCUT2D eigenvalue weighted by Gasteiger charge is -2.40. The fourth-order valence-electron chi connectivity index (χ4n) is 4.68. The Balaban J connectivity index is 1.46. The average molecular weight is 333 g/mol. The molecule has 0 radical (unpaired) electrons. The number of allylic oxidation sites excluding steroid dienone is 2. The Morgan fingerprint density at radius 1 is 0.957 bits per heavy atom. The molecule has 122 valence electrons. The number of hydrogen-bond acceptors (Lipinski definition) is 4. The predicted octanol–water partition coefficient (Wildman–Crippen LogP) is 2.25. The third kappa shape index (κ3) is 1.97. The van der Waals surface area contributed by atoms with Crippen LogP contribution in [0.2, 0.25) is 0 Å². The van der Waals surface area contributed by atoms with Gasteiger partial charge >= 0.3 is 0 Å². The minimum Gasteiger partial charge on any atom is -0.454 e. The predicted molar refractivity (Wildman–Crippen MR) is 83.7 cm³/mol. The van der Waals surface area contributed by atoms with Crippen molar-refractivity contribution in [3.8, 4) is 11.5 Å². The second-order valence-electron chi connectivity index (χ2n) is 6.95. The van der Waals surface area contributed by atoms with Crippen LogP contribution in [-0.2, 0) is 10.0 Å². The highest BCUT2D eigenvalue weighted by molar-refractivity contribution is 7.89. The Labute approximate surface area is 135 Å².